The smallest absolute Gasteiger partial charge is 0.214 e. The van der Waals surface area contributed by atoms with Crippen LogP contribution in [0.5, 0.6) is 0 Å². The van der Waals surface area contributed by atoms with Crippen LogP contribution in [0.3, 0.4) is 0 Å². The molecule has 4 nitrogen and oxygen atoms in total. The lowest BCUT2D eigenvalue weighted by molar-refractivity contribution is 0.0975. The Bertz CT molecular complexity index is 355. The zero-order chi connectivity index (χ0) is 12.5. The predicted octanol–water partition coefficient (Wildman–Crippen LogP) is 1.35. The predicted molar refractivity (Wildman–Crippen MR) is 67.2 cm³/mol. The van der Waals surface area contributed by atoms with Crippen LogP contribution in [0.25, 0.3) is 0 Å². The van der Waals surface area contributed by atoms with Crippen molar-refractivity contribution in [1.29, 1.82) is 0 Å². The SMILES string of the molecule is CCCS(=O)(=O)N1CCCC1C1CCCC1O. The molecule has 0 radical (unpaired) electrons. The van der Waals surface area contributed by atoms with Crippen molar-refractivity contribution in [2.75, 3.05) is 12.3 Å². The molecule has 0 aromatic rings. The fourth-order valence-corrected chi connectivity index (χ4v) is 5.16. The highest BCUT2D eigenvalue weighted by atomic mass is 32.2. The molecule has 0 aromatic carbocycles. The maximum atomic E-state index is 12.2. The fraction of sp³-hybridized carbons (Fsp3) is 1.00. The van der Waals surface area contributed by atoms with Crippen molar-refractivity contribution in [1.82, 2.24) is 4.31 Å². The highest BCUT2D eigenvalue weighted by Gasteiger charge is 2.42. The Hall–Kier alpha value is -0.130. The minimum atomic E-state index is -3.10. The van der Waals surface area contributed by atoms with Crippen LogP contribution >= 0.6 is 0 Å². The van der Waals surface area contributed by atoms with E-state index in [-0.39, 0.29) is 23.8 Å². The molecule has 17 heavy (non-hydrogen) atoms. The lowest BCUT2D eigenvalue weighted by Crippen LogP contribution is -2.43. The normalized spacial score (nSPS) is 35.5. The van der Waals surface area contributed by atoms with E-state index < -0.39 is 10.0 Å². The molecule has 2 aliphatic rings. The van der Waals surface area contributed by atoms with Crippen molar-refractivity contribution in [3.8, 4) is 0 Å². The van der Waals surface area contributed by atoms with Crippen LogP contribution in [0, 0.1) is 5.92 Å². The summed E-state index contributed by atoms with van der Waals surface area (Å²) < 4.78 is 26.0. The Balaban J connectivity index is 2.12. The van der Waals surface area contributed by atoms with Crippen molar-refractivity contribution in [3.63, 3.8) is 0 Å². The second-order valence-electron chi connectivity index (χ2n) is 5.30. The minimum Gasteiger partial charge on any atom is -0.393 e. The maximum absolute atomic E-state index is 12.2. The molecule has 0 bridgehead atoms. The monoisotopic (exact) mass is 261 g/mol. The molecule has 1 N–H and O–H groups in total. The average molecular weight is 261 g/mol. The minimum absolute atomic E-state index is 0.0593. The number of nitrogens with zero attached hydrogens (tertiary/aromatic N) is 1. The first-order valence-corrected chi connectivity index (χ1v) is 8.34. The molecule has 0 aromatic heterocycles. The summed E-state index contributed by atoms with van der Waals surface area (Å²) >= 11 is 0. The number of hydrogen-bond acceptors (Lipinski definition) is 3. The molecule has 2 rings (SSSR count). The van der Waals surface area contributed by atoms with Gasteiger partial charge >= 0.3 is 0 Å². The van der Waals surface area contributed by atoms with Gasteiger partial charge in [-0.1, -0.05) is 13.3 Å². The summed E-state index contributed by atoms with van der Waals surface area (Å²) in [5.41, 5.74) is 0. The summed E-state index contributed by atoms with van der Waals surface area (Å²) in [5.74, 6) is 0.413. The van der Waals surface area contributed by atoms with Gasteiger partial charge in [0.15, 0.2) is 0 Å². The second-order valence-corrected chi connectivity index (χ2v) is 7.34. The first-order chi connectivity index (χ1) is 8.06. The summed E-state index contributed by atoms with van der Waals surface area (Å²) in [6.07, 6.45) is 5.08. The molecule has 0 spiro atoms. The van der Waals surface area contributed by atoms with E-state index >= 15 is 0 Å². The van der Waals surface area contributed by atoms with Crippen LogP contribution in [0.2, 0.25) is 0 Å². The molecule has 5 heteroatoms. The molecular formula is C12H23NO3S. The van der Waals surface area contributed by atoms with E-state index in [9.17, 15) is 13.5 Å². The van der Waals surface area contributed by atoms with Crippen LogP contribution in [0.1, 0.15) is 45.4 Å². The standard InChI is InChI=1S/C12H23NO3S/c1-2-9-17(15,16)13-8-4-6-11(13)10-5-3-7-12(10)14/h10-12,14H,2-9H2,1H3. The van der Waals surface area contributed by atoms with Gasteiger partial charge in [-0.15, -0.1) is 0 Å². The van der Waals surface area contributed by atoms with Gasteiger partial charge in [-0.05, 0) is 32.1 Å². The van der Waals surface area contributed by atoms with Crippen LogP contribution < -0.4 is 0 Å². The van der Waals surface area contributed by atoms with E-state index in [0.717, 1.165) is 32.1 Å². The molecule has 1 heterocycles. The lowest BCUT2D eigenvalue weighted by atomic mass is 9.95. The third-order valence-electron chi connectivity index (χ3n) is 4.09. The second kappa shape index (κ2) is 5.24. The Kier molecular flexibility index (Phi) is 4.10. The van der Waals surface area contributed by atoms with Crippen molar-refractivity contribution in [3.05, 3.63) is 0 Å². The molecule has 3 unspecified atom stereocenters. The largest absolute Gasteiger partial charge is 0.393 e. The number of sulfonamides is 1. The Morgan fingerprint density at radius 3 is 2.59 bits per heavy atom. The van der Waals surface area contributed by atoms with Crippen LogP contribution in [0.15, 0.2) is 0 Å². The molecule has 100 valence electrons. The van der Waals surface area contributed by atoms with Crippen LogP contribution in [-0.2, 0) is 10.0 Å². The molecule has 1 aliphatic heterocycles. The number of rotatable bonds is 4. The van der Waals surface area contributed by atoms with Gasteiger partial charge in [-0.3, -0.25) is 0 Å². The molecule has 3 atom stereocenters. The van der Waals surface area contributed by atoms with Crippen molar-refractivity contribution >= 4 is 10.0 Å². The third kappa shape index (κ3) is 2.66. The van der Waals surface area contributed by atoms with Gasteiger partial charge < -0.3 is 5.11 Å². The number of aliphatic hydroxyl groups is 1. The van der Waals surface area contributed by atoms with Crippen LogP contribution in [0.4, 0.5) is 0 Å². The Morgan fingerprint density at radius 2 is 2.00 bits per heavy atom. The molecule has 2 fully saturated rings. The zero-order valence-electron chi connectivity index (χ0n) is 10.5. The quantitative estimate of drug-likeness (QED) is 0.831. The van der Waals surface area contributed by atoms with Crippen LogP contribution in [-0.4, -0.2) is 42.3 Å². The van der Waals surface area contributed by atoms with Crippen molar-refractivity contribution in [2.24, 2.45) is 5.92 Å². The summed E-state index contributed by atoms with van der Waals surface area (Å²) in [4.78, 5) is 0. The summed E-state index contributed by atoms with van der Waals surface area (Å²) in [6, 6.07) is 0.0593. The van der Waals surface area contributed by atoms with Gasteiger partial charge in [0.05, 0.1) is 11.9 Å². The van der Waals surface area contributed by atoms with Gasteiger partial charge in [-0.2, -0.15) is 4.31 Å². The van der Waals surface area contributed by atoms with Gasteiger partial charge in [0, 0.05) is 18.5 Å². The maximum Gasteiger partial charge on any atom is 0.214 e. The highest BCUT2D eigenvalue weighted by molar-refractivity contribution is 7.89. The van der Waals surface area contributed by atoms with E-state index in [1.165, 1.54) is 0 Å². The van der Waals surface area contributed by atoms with E-state index in [1.807, 2.05) is 6.92 Å². The van der Waals surface area contributed by atoms with E-state index in [1.54, 1.807) is 4.31 Å². The van der Waals surface area contributed by atoms with E-state index in [2.05, 4.69) is 0 Å². The molecule has 1 aliphatic carbocycles. The Labute approximate surface area is 104 Å². The zero-order valence-corrected chi connectivity index (χ0v) is 11.3. The van der Waals surface area contributed by atoms with Gasteiger partial charge in [-0.25, -0.2) is 8.42 Å². The first kappa shape index (κ1) is 13.3. The molecule has 0 amide bonds. The third-order valence-corrected chi connectivity index (χ3v) is 6.19. The topological polar surface area (TPSA) is 57.6 Å². The van der Waals surface area contributed by atoms with Gasteiger partial charge in [0.25, 0.3) is 0 Å². The van der Waals surface area contributed by atoms with Crippen molar-refractivity contribution in [2.45, 2.75) is 57.6 Å². The van der Waals surface area contributed by atoms with E-state index in [4.69, 9.17) is 0 Å². The Morgan fingerprint density at radius 1 is 1.24 bits per heavy atom. The molecule has 1 saturated carbocycles. The molecular weight excluding hydrogens is 238 g/mol. The lowest BCUT2D eigenvalue weighted by Gasteiger charge is -2.30. The molecule has 1 saturated heterocycles. The van der Waals surface area contributed by atoms with E-state index in [0.29, 0.717) is 13.0 Å². The number of aliphatic hydroxyl groups excluding tert-OH is 1. The highest BCUT2D eigenvalue weighted by Crippen LogP contribution is 2.37. The average Bonchev–Trinajstić information content (AvgIpc) is 2.85. The fourth-order valence-electron chi connectivity index (χ4n) is 3.33. The summed E-state index contributed by atoms with van der Waals surface area (Å²) in [7, 11) is -3.10. The first-order valence-electron chi connectivity index (χ1n) is 6.74. The summed E-state index contributed by atoms with van der Waals surface area (Å²) in [5, 5.41) is 9.94. The van der Waals surface area contributed by atoms with Gasteiger partial charge in [0.1, 0.15) is 0 Å². The van der Waals surface area contributed by atoms with Crippen molar-refractivity contribution < 1.29 is 13.5 Å². The summed E-state index contributed by atoms with van der Waals surface area (Å²) in [6.45, 7) is 2.54. The number of hydrogen-bond donors (Lipinski definition) is 1. The van der Waals surface area contributed by atoms with Gasteiger partial charge in [0.2, 0.25) is 10.0 Å².